The minimum Gasteiger partial charge on any atom is -0.476 e. The van der Waals surface area contributed by atoms with E-state index in [1.54, 1.807) is 0 Å². The van der Waals surface area contributed by atoms with Gasteiger partial charge in [0.2, 0.25) is 0 Å². The van der Waals surface area contributed by atoms with Gasteiger partial charge in [0.1, 0.15) is 0 Å². The Balaban J connectivity index is 1.85. The van der Waals surface area contributed by atoms with Gasteiger partial charge in [0.25, 0.3) is 0 Å². The molecule has 0 unspecified atom stereocenters. The highest BCUT2D eigenvalue weighted by Gasteiger charge is 2.14. The fourth-order valence-corrected chi connectivity index (χ4v) is 2.65. The molecule has 2 heterocycles. The Kier molecular flexibility index (Phi) is 5.38. The number of ether oxygens (including phenoxy) is 1. The zero-order chi connectivity index (χ0) is 13.7. The maximum atomic E-state index is 10.9. The third-order valence-electron chi connectivity index (χ3n) is 2.67. The second kappa shape index (κ2) is 7.04. The van der Waals surface area contributed by atoms with Crippen molar-refractivity contribution >= 4 is 29.3 Å². The number of aromatic carboxylic acids is 1. The van der Waals surface area contributed by atoms with Gasteiger partial charge in [-0.1, -0.05) is 23.4 Å². The van der Waals surface area contributed by atoms with Gasteiger partial charge in [-0.25, -0.2) is 14.8 Å². The third kappa shape index (κ3) is 4.31. The molecule has 0 saturated carbocycles. The molecule has 2 rings (SSSR count). The Bertz CT molecular complexity index is 455. The lowest BCUT2D eigenvalue weighted by Crippen LogP contribution is -2.37. The van der Waals surface area contributed by atoms with E-state index in [1.165, 1.54) is 18.0 Å². The lowest BCUT2D eigenvalue weighted by molar-refractivity contribution is 0.0410. The summed E-state index contributed by atoms with van der Waals surface area (Å²) in [4.78, 5) is 21.1. The van der Waals surface area contributed by atoms with Crippen LogP contribution in [0.1, 0.15) is 10.5 Å². The first-order chi connectivity index (χ1) is 9.16. The standard InChI is InChI=1S/C11H14ClN3O3S/c12-8-7-13-11(14-9(8)10(16)17)19-6-3-15-1-4-18-5-2-15/h7H,1-6H2,(H,16,17). The molecule has 0 aromatic carbocycles. The first-order valence-corrected chi connectivity index (χ1v) is 7.22. The summed E-state index contributed by atoms with van der Waals surface area (Å²) < 4.78 is 5.27. The van der Waals surface area contributed by atoms with Crippen molar-refractivity contribution in [3.8, 4) is 0 Å². The van der Waals surface area contributed by atoms with Crippen molar-refractivity contribution in [2.75, 3.05) is 38.6 Å². The van der Waals surface area contributed by atoms with Gasteiger partial charge in [-0.3, -0.25) is 4.90 Å². The van der Waals surface area contributed by atoms with E-state index in [-0.39, 0.29) is 10.7 Å². The van der Waals surface area contributed by atoms with Crippen molar-refractivity contribution in [1.29, 1.82) is 0 Å². The molecular weight excluding hydrogens is 290 g/mol. The van der Waals surface area contributed by atoms with Gasteiger partial charge in [-0.2, -0.15) is 0 Å². The second-order valence-electron chi connectivity index (χ2n) is 3.96. The second-order valence-corrected chi connectivity index (χ2v) is 5.43. The smallest absolute Gasteiger partial charge is 0.356 e. The maximum Gasteiger partial charge on any atom is 0.356 e. The number of thioether (sulfide) groups is 1. The number of carbonyl (C=O) groups is 1. The SMILES string of the molecule is O=C(O)c1nc(SCCN2CCOCC2)ncc1Cl. The van der Waals surface area contributed by atoms with Gasteiger partial charge in [-0.05, 0) is 0 Å². The number of aromatic nitrogens is 2. The number of halogens is 1. The van der Waals surface area contributed by atoms with Crippen molar-refractivity contribution in [3.63, 3.8) is 0 Å². The van der Waals surface area contributed by atoms with E-state index in [9.17, 15) is 4.79 Å². The van der Waals surface area contributed by atoms with Gasteiger partial charge in [0.15, 0.2) is 10.9 Å². The van der Waals surface area contributed by atoms with Crippen LogP contribution >= 0.6 is 23.4 Å². The lowest BCUT2D eigenvalue weighted by atomic mass is 10.4. The zero-order valence-electron chi connectivity index (χ0n) is 10.2. The van der Waals surface area contributed by atoms with Gasteiger partial charge >= 0.3 is 5.97 Å². The largest absolute Gasteiger partial charge is 0.476 e. The molecule has 8 heteroatoms. The first-order valence-electron chi connectivity index (χ1n) is 5.85. The quantitative estimate of drug-likeness (QED) is 0.648. The van der Waals surface area contributed by atoms with E-state index < -0.39 is 5.97 Å². The molecule has 1 fully saturated rings. The molecule has 0 atom stereocenters. The minimum atomic E-state index is -1.14. The molecule has 0 amide bonds. The van der Waals surface area contributed by atoms with Crippen molar-refractivity contribution in [1.82, 2.24) is 14.9 Å². The summed E-state index contributed by atoms with van der Waals surface area (Å²) in [5.41, 5.74) is -0.148. The molecule has 1 aromatic heterocycles. The van der Waals surface area contributed by atoms with Crippen LogP contribution < -0.4 is 0 Å². The highest BCUT2D eigenvalue weighted by molar-refractivity contribution is 7.99. The van der Waals surface area contributed by atoms with E-state index in [2.05, 4.69) is 14.9 Å². The molecular formula is C11H14ClN3O3S. The number of carboxylic acids is 1. The van der Waals surface area contributed by atoms with E-state index in [0.29, 0.717) is 5.16 Å². The van der Waals surface area contributed by atoms with Crippen LogP contribution in [0, 0.1) is 0 Å². The molecule has 19 heavy (non-hydrogen) atoms. The summed E-state index contributed by atoms with van der Waals surface area (Å²) in [7, 11) is 0. The normalized spacial score (nSPS) is 16.5. The summed E-state index contributed by atoms with van der Waals surface area (Å²) in [5, 5.41) is 9.41. The van der Waals surface area contributed by atoms with Crippen molar-refractivity contribution < 1.29 is 14.6 Å². The monoisotopic (exact) mass is 303 g/mol. The third-order valence-corrected chi connectivity index (χ3v) is 3.79. The molecule has 104 valence electrons. The van der Waals surface area contributed by atoms with Crippen molar-refractivity contribution in [2.24, 2.45) is 0 Å². The lowest BCUT2D eigenvalue weighted by Gasteiger charge is -2.26. The maximum absolute atomic E-state index is 10.9. The molecule has 0 spiro atoms. The summed E-state index contributed by atoms with van der Waals surface area (Å²) in [6, 6.07) is 0. The van der Waals surface area contributed by atoms with Crippen molar-refractivity contribution in [3.05, 3.63) is 16.9 Å². The van der Waals surface area contributed by atoms with Crippen LogP contribution in [0.3, 0.4) is 0 Å². The van der Waals surface area contributed by atoms with Crippen LogP contribution in [-0.4, -0.2) is 64.5 Å². The first kappa shape index (κ1) is 14.5. The number of hydrogen-bond donors (Lipinski definition) is 1. The molecule has 6 nitrogen and oxygen atoms in total. The van der Waals surface area contributed by atoms with Crippen molar-refractivity contribution in [2.45, 2.75) is 5.16 Å². The van der Waals surface area contributed by atoms with Crippen LogP contribution in [0.2, 0.25) is 5.02 Å². The summed E-state index contributed by atoms with van der Waals surface area (Å²) >= 11 is 7.14. The van der Waals surface area contributed by atoms with Gasteiger partial charge in [0, 0.05) is 25.4 Å². The Morgan fingerprint density at radius 3 is 2.95 bits per heavy atom. The Hall–Kier alpha value is -0.890. The predicted octanol–water partition coefficient (Wildman–Crippen LogP) is 1.25. The highest BCUT2D eigenvalue weighted by atomic mass is 35.5. The van der Waals surface area contributed by atoms with E-state index >= 15 is 0 Å². The van der Waals surface area contributed by atoms with Crippen LogP contribution in [0.15, 0.2) is 11.4 Å². The Morgan fingerprint density at radius 1 is 1.53 bits per heavy atom. The van der Waals surface area contributed by atoms with Crippen LogP contribution in [0.4, 0.5) is 0 Å². The fraction of sp³-hybridized carbons (Fsp3) is 0.545. The van der Waals surface area contributed by atoms with Crippen LogP contribution in [-0.2, 0) is 4.74 Å². The molecule has 0 bridgehead atoms. The topological polar surface area (TPSA) is 75.5 Å². The summed E-state index contributed by atoms with van der Waals surface area (Å²) in [6.07, 6.45) is 1.33. The van der Waals surface area contributed by atoms with Gasteiger partial charge in [-0.15, -0.1) is 0 Å². The van der Waals surface area contributed by atoms with E-state index in [0.717, 1.165) is 38.6 Å². The average Bonchev–Trinajstić information content (AvgIpc) is 2.41. The van der Waals surface area contributed by atoms with Crippen LogP contribution in [0.25, 0.3) is 0 Å². The van der Waals surface area contributed by atoms with Gasteiger partial charge < -0.3 is 9.84 Å². The van der Waals surface area contributed by atoms with Crippen LogP contribution in [0.5, 0.6) is 0 Å². The molecule has 0 aliphatic carbocycles. The summed E-state index contributed by atoms with van der Waals surface area (Å²) in [5.74, 6) is -0.330. The predicted molar refractivity (Wildman–Crippen MR) is 72.0 cm³/mol. The molecule has 1 aromatic rings. The molecule has 1 N–H and O–H groups in total. The Labute approximate surface area is 120 Å². The fourth-order valence-electron chi connectivity index (χ4n) is 1.66. The Morgan fingerprint density at radius 2 is 2.26 bits per heavy atom. The summed E-state index contributed by atoms with van der Waals surface area (Å²) in [6.45, 7) is 4.31. The molecule has 0 radical (unpaired) electrons. The zero-order valence-corrected chi connectivity index (χ0v) is 11.8. The number of morpholine rings is 1. The minimum absolute atomic E-state index is 0.0602. The number of nitrogens with zero attached hydrogens (tertiary/aromatic N) is 3. The van der Waals surface area contributed by atoms with Gasteiger partial charge in [0.05, 0.1) is 24.4 Å². The number of rotatable bonds is 5. The van der Waals surface area contributed by atoms with E-state index in [4.69, 9.17) is 21.4 Å². The number of carboxylic acid groups (broad SMARTS) is 1. The molecule has 1 saturated heterocycles. The molecule has 1 aliphatic rings. The number of hydrogen-bond acceptors (Lipinski definition) is 6. The molecule has 1 aliphatic heterocycles. The van der Waals surface area contributed by atoms with E-state index in [1.807, 2.05) is 0 Å². The highest BCUT2D eigenvalue weighted by Crippen LogP contribution is 2.18. The average molecular weight is 304 g/mol.